The molecule has 1 aromatic heterocycles. The molecule has 6 nitrogen and oxygen atoms in total. The predicted octanol–water partition coefficient (Wildman–Crippen LogP) is 1.98. The van der Waals surface area contributed by atoms with E-state index in [9.17, 15) is 9.59 Å². The van der Waals surface area contributed by atoms with Crippen LogP contribution in [0, 0.1) is 0 Å². The summed E-state index contributed by atoms with van der Waals surface area (Å²) in [6.07, 6.45) is 2.23. The van der Waals surface area contributed by atoms with Crippen LogP contribution in [0.1, 0.15) is 29.6 Å². The Balaban J connectivity index is 1.74. The Hall–Kier alpha value is -2.18. The number of para-hydroxylation sites is 1. The number of amides is 1. The average molecular weight is 289 g/mol. The van der Waals surface area contributed by atoms with Crippen molar-refractivity contribution in [1.29, 1.82) is 0 Å². The van der Waals surface area contributed by atoms with Gasteiger partial charge in [0.2, 0.25) is 0 Å². The van der Waals surface area contributed by atoms with Crippen LogP contribution >= 0.6 is 0 Å². The fourth-order valence-electron chi connectivity index (χ4n) is 2.20. The van der Waals surface area contributed by atoms with Gasteiger partial charge < -0.3 is 9.15 Å². The average Bonchev–Trinajstić information content (AvgIpc) is 2.53. The highest BCUT2D eigenvalue weighted by Gasteiger charge is 2.18. The van der Waals surface area contributed by atoms with Crippen LogP contribution in [-0.2, 0) is 9.57 Å². The quantitative estimate of drug-likeness (QED) is 0.690. The summed E-state index contributed by atoms with van der Waals surface area (Å²) < 4.78 is 10.4. The highest BCUT2D eigenvalue weighted by atomic mass is 16.8. The van der Waals surface area contributed by atoms with Crippen LogP contribution in [0.4, 0.5) is 0 Å². The van der Waals surface area contributed by atoms with E-state index in [1.165, 1.54) is 6.07 Å². The predicted molar refractivity (Wildman–Crippen MR) is 74.6 cm³/mol. The second-order valence-corrected chi connectivity index (χ2v) is 4.83. The topological polar surface area (TPSA) is 77.8 Å². The number of ether oxygens (including phenoxy) is 1. The minimum absolute atomic E-state index is 0.0930. The normalized spacial score (nSPS) is 18.6. The molecule has 1 atom stereocenters. The zero-order chi connectivity index (χ0) is 14.7. The van der Waals surface area contributed by atoms with Crippen LogP contribution in [0.5, 0.6) is 0 Å². The number of hydrogen-bond acceptors (Lipinski definition) is 5. The Morgan fingerprint density at radius 3 is 2.95 bits per heavy atom. The lowest BCUT2D eigenvalue weighted by Crippen LogP contribution is -2.35. The first-order valence-corrected chi connectivity index (χ1v) is 6.84. The van der Waals surface area contributed by atoms with Crippen molar-refractivity contribution in [1.82, 2.24) is 5.48 Å². The smallest absolute Gasteiger partial charge is 0.349 e. The van der Waals surface area contributed by atoms with Crippen LogP contribution in [-0.4, -0.2) is 18.8 Å². The third-order valence-corrected chi connectivity index (χ3v) is 3.31. The highest BCUT2D eigenvalue weighted by molar-refractivity contribution is 5.95. The van der Waals surface area contributed by atoms with Gasteiger partial charge in [0.15, 0.2) is 6.29 Å². The molecular weight excluding hydrogens is 274 g/mol. The minimum atomic E-state index is -0.695. The van der Waals surface area contributed by atoms with Gasteiger partial charge in [-0.2, -0.15) is 0 Å². The first-order chi connectivity index (χ1) is 10.2. The first kappa shape index (κ1) is 13.8. The van der Waals surface area contributed by atoms with Gasteiger partial charge in [0.1, 0.15) is 11.1 Å². The fourth-order valence-corrected chi connectivity index (χ4v) is 2.20. The molecule has 1 aliphatic rings. The summed E-state index contributed by atoms with van der Waals surface area (Å²) in [6, 6.07) is 8.48. The Kier molecular flexibility index (Phi) is 3.98. The molecule has 0 spiro atoms. The van der Waals surface area contributed by atoms with Crippen molar-refractivity contribution in [3.63, 3.8) is 0 Å². The molecule has 1 unspecified atom stereocenters. The SMILES string of the molecule is O=C(NOC1CCCCO1)c1cc2ccccc2oc1=O. The largest absolute Gasteiger partial charge is 0.422 e. The van der Waals surface area contributed by atoms with E-state index in [-0.39, 0.29) is 5.56 Å². The van der Waals surface area contributed by atoms with E-state index >= 15 is 0 Å². The summed E-state index contributed by atoms with van der Waals surface area (Å²) >= 11 is 0. The molecule has 1 saturated heterocycles. The summed E-state index contributed by atoms with van der Waals surface area (Å²) in [6.45, 7) is 0.610. The number of nitrogens with one attached hydrogen (secondary N) is 1. The van der Waals surface area contributed by atoms with Gasteiger partial charge in [0.25, 0.3) is 5.91 Å². The summed E-state index contributed by atoms with van der Waals surface area (Å²) in [5.41, 5.74) is 1.90. The molecule has 0 saturated carbocycles. The maximum absolute atomic E-state index is 12.0. The Morgan fingerprint density at radius 2 is 2.14 bits per heavy atom. The van der Waals surface area contributed by atoms with Gasteiger partial charge in [0, 0.05) is 18.4 Å². The van der Waals surface area contributed by atoms with E-state index in [1.54, 1.807) is 24.3 Å². The molecule has 6 heteroatoms. The third-order valence-electron chi connectivity index (χ3n) is 3.31. The van der Waals surface area contributed by atoms with Gasteiger partial charge in [0.05, 0.1) is 0 Å². The van der Waals surface area contributed by atoms with Crippen molar-refractivity contribution in [3.05, 3.63) is 46.3 Å². The van der Waals surface area contributed by atoms with Crippen LogP contribution in [0.2, 0.25) is 0 Å². The van der Waals surface area contributed by atoms with Crippen LogP contribution in [0.3, 0.4) is 0 Å². The lowest BCUT2D eigenvalue weighted by molar-refractivity contribution is -0.186. The Morgan fingerprint density at radius 1 is 1.29 bits per heavy atom. The molecule has 110 valence electrons. The van der Waals surface area contributed by atoms with Crippen LogP contribution in [0.15, 0.2) is 39.5 Å². The van der Waals surface area contributed by atoms with Gasteiger partial charge in [-0.25, -0.2) is 15.1 Å². The summed E-state index contributed by atoms with van der Waals surface area (Å²) in [7, 11) is 0. The van der Waals surface area contributed by atoms with Crippen molar-refractivity contribution in [3.8, 4) is 0 Å². The van der Waals surface area contributed by atoms with Crippen LogP contribution in [0.25, 0.3) is 11.0 Å². The Labute approximate surface area is 120 Å². The summed E-state index contributed by atoms with van der Waals surface area (Å²) in [5.74, 6) is -0.635. The number of benzene rings is 1. The Bertz CT molecular complexity index is 703. The zero-order valence-electron chi connectivity index (χ0n) is 11.3. The monoisotopic (exact) mass is 289 g/mol. The van der Waals surface area contributed by atoms with E-state index in [2.05, 4.69) is 5.48 Å². The molecule has 0 aliphatic carbocycles. The molecule has 1 N–H and O–H groups in total. The number of carbonyl (C=O) groups is 1. The second kappa shape index (κ2) is 6.07. The number of carbonyl (C=O) groups excluding carboxylic acids is 1. The molecule has 3 rings (SSSR count). The zero-order valence-corrected chi connectivity index (χ0v) is 11.3. The molecule has 1 amide bonds. The molecular formula is C15H15NO5. The maximum atomic E-state index is 12.0. The molecule has 2 heterocycles. The van der Waals surface area contributed by atoms with E-state index in [1.807, 2.05) is 0 Å². The standard InChI is InChI=1S/C15H15NO5/c17-14(16-21-13-7-3-4-8-19-13)11-9-10-5-1-2-6-12(10)20-15(11)18/h1-2,5-6,9,13H,3-4,7-8H2,(H,16,17). The minimum Gasteiger partial charge on any atom is -0.422 e. The van der Waals surface area contributed by atoms with Gasteiger partial charge in [-0.15, -0.1) is 0 Å². The van der Waals surface area contributed by atoms with E-state index < -0.39 is 17.8 Å². The summed E-state index contributed by atoms with van der Waals surface area (Å²) in [4.78, 5) is 29.0. The fraction of sp³-hybridized carbons (Fsp3) is 0.333. The van der Waals surface area contributed by atoms with Crippen molar-refractivity contribution in [2.75, 3.05) is 6.61 Å². The maximum Gasteiger partial charge on any atom is 0.349 e. The number of rotatable bonds is 3. The second-order valence-electron chi connectivity index (χ2n) is 4.83. The van der Waals surface area contributed by atoms with E-state index in [0.29, 0.717) is 24.0 Å². The molecule has 0 bridgehead atoms. The summed E-state index contributed by atoms with van der Waals surface area (Å²) in [5, 5.41) is 0.677. The van der Waals surface area contributed by atoms with Gasteiger partial charge in [-0.05, 0) is 25.0 Å². The first-order valence-electron chi connectivity index (χ1n) is 6.84. The number of fused-ring (bicyclic) bond motifs is 1. The molecule has 2 aromatic rings. The van der Waals surface area contributed by atoms with Gasteiger partial charge >= 0.3 is 5.63 Å². The van der Waals surface area contributed by atoms with E-state index in [0.717, 1.165) is 12.8 Å². The molecule has 1 aromatic carbocycles. The lowest BCUT2D eigenvalue weighted by Gasteiger charge is -2.21. The molecule has 0 radical (unpaired) electrons. The van der Waals surface area contributed by atoms with Crippen molar-refractivity contribution < 1.29 is 18.8 Å². The number of hydrogen-bond donors (Lipinski definition) is 1. The molecule has 1 fully saturated rings. The van der Waals surface area contributed by atoms with Gasteiger partial charge in [-0.3, -0.25) is 4.79 Å². The van der Waals surface area contributed by atoms with Crippen molar-refractivity contribution in [2.24, 2.45) is 0 Å². The lowest BCUT2D eigenvalue weighted by atomic mass is 10.2. The van der Waals surface area contributed by atoms with Crippen molar-refractivity contribution in [2.45, 2.75) is 25.6 Å². The highest BCUT2D eigenvalue weighted by Crippen LogP contribution is 2.14. The molecule has 1 aliphatic heterocycles. The van der Waals surface area contributed by atoms with Crippen molar-refractivity contribution >= 4 is 16.9 Å². The van der Waals surface area contributed by atoms with Crippen LogP contribution < -0.4 is 11.1 Å². The molecule has 21 heavy (non-hydrogen) atoms. The third kappa shape index (κ3) is 3.12. The van der Waals surface area contributed by atoms with Gasteiger partial charge in [-0.1, -0.05) is 18.2 Å². The van der Waals surface area contributed by atoms with E-state index in [4.69, 9.17) is 14.0 Å². The number of hydroxylamine groups is 1.